The van der Waals surface area contributed by atoms with Crippen LogP contribution in [0.1, 0.15) is 12.0 Å². The quantitative estimate of drug-likeness (QED) is 0.759. The van der Waals surface area contributed by atoms with E-state index >= 15 is 0 Å². The number of hydrogen-bond donors (Lipinski definition) is 0. The molecule has 0 atom stereocenters. The highest BCUT2D eigenvalue weighted by atomic mass is 35.5. The molecule has 7 heteroatoms. The van der Waals surface area contributed by atoms with E-state index in [0.29, 0.717) is 16.6 Å². The van der Waals surface area contributed by atoms with Gasteiger partial charge in [0.1, 0.15) is 0 Å². The smallest absolute Gasteiger partial charge is 0.223 e. The van der Waals surface area contributed by atoms with Gasteiger partial charge in [0, 0.05) is 30.1 Å². The summed E-state index contributed by atoms with van der Waals surface area (Å²) >= 11 is 11.8. The summed E-state index contributed by atoms with van der Waals surface area (Å²) in [6.45, 7) is 0.333. The standard InChI is InChI=1S/C17H17Cl2NO3S/c1-20(12-13-4-2-3-5-16(13)19)17(21)10-11-24(22,23)15-8-6-14(18)7-9-15/h2-9H,10-12H2,1H3. The fraction of sp³-hybridized carbons (Fsp3) is 0.235. The molecule has 24 heavy (non-hydrogen) atoms. The van der Waals surface area contributed by atoms with Gasteiger partial charge in [-0.25, -0.2) is 8.42 Å². The average Bonchev–Trinajstić information content (AvgIpc) is 2.55. The second-order valence-electron chi connectivity index (χ2n) is 5.36. The molecule has 0 saturated carbocycles. The highest BCUT2D eigenvalue weighted by Crippen LogP contribution is 2.18. The maximum absolute atomic E-state index is 12.2. The van der Waals surface area contributed by atoms with Gasteiger partial charge < -0.3 is 4.90 Å². The Morgan fingerprint density at radius 3 is 2.29 bits per heavy atom. The molecule has 0 bridgehead atoms. The third-order valence-corrected chi connectivity index (χ3v) is 5.90. The van der Waals surface area contributed by atoms with E-state index in [9.17, 15) is 13.2 Å². The van der Waals surface area contributed by atoms with E-state index in [4.69, 9.17) is 23.2 Å². The molecular weight excluding hydrogens is 369 g/mol. The van der Waals surface area contributed by atoms with Gasteiger partial charge in [0.2, 0.25) is 5.91 Å². The van der Waals surface area contributed by atoms with Crippen molar-refractivity contribution in [3.63, 3.8) is 0 Å². The minimum absolute atomic E-state index is 0.0914. The van der Waals surface area contributed by atoms with Crippen molar-refractivity contribution < 1.29 is 13.2 Å². The van der Waals surface area contributed by atoms with E-state index in [1.54, 1.807) is 13.1 Å². The summed E-state index contributed by atoms with van der Waals surface area (Å²) in [4.78, 5) is 13.8. The normalized spacial score (nSPS) is 11.3. The van der Waals surface area contributed by atoms with Crippen LogP contribution in [0.2, 0.25) is 10.0 Å². The van der Waals surface area contributed by atoms with E-state index in [1.165, 1.54) is 29.2 Å². The Hall–Kier alpha value is -1.56. The zero-order valence-electron chi connectivity index (χ0n) is 13.1. The van der Waals surface area contributed by atoms with Crippen molar-refractivity contribution in [1.29, 1.82) is 0 Å². The summed E-state index contributed by atoms with van der Waals surface area (Å²) in [5, 5.41) is 1.04. The maximum Gasteiger partial charge on any atom is 0.223 e. The molecule has 4 nitrogen and oxygen atoms in total. The predicted molar refractivity (Wildman–Crippen MR) is 96.0 cm³/mol. The lowest BCUT2D eigenvalue weighted by Crippen LogP contribution is -2.28. The molecule has 0 heterocycles. The molecule has 0 saturated heterocycles. The van der Waals surface area contributed by atoms with Gasteiger partial charge in [-0.05, 0) is 35.9 Å². The van der Waals surface area contributed by atoms with Crippen molar-refractivity contribution in [2.24, 2.45) is 0 Å². The van der Waals surface area contributed by atoms with Gasteiger partial charge in [-0.2, -0.15) is 0 Å². The number of carbonyl (C=O) groups excluding carboxylic acids is 1. The SMILES string of the molecule is CN(Cc1ccccc1Cl)C(=O)CCS(=O)(=O)c1ccc(Cl)cc1. The molecule has 0 aromatic heterocycles. The summed E-state index contributed by atoms with van der Waals surface area (Å²) in [7, 11) is -1.89. The molecule has 2 aromatic carbocycles. The topological polar surface area (TPSA) is 54.5 Å². The Balaban J connectivity index is 1.97. The fourth-order valence-electron chi connectivity index (χ4n) is 2.14. The number of amides is 1. The van der Waals surface area contributed by atoms with Crippen LogP contribution in [-0.2, 0) is 21.2 Å². The molecule has 1 amide bonds. The van der Waals surface area contributed by atoms with Crippen molar-refractivity contribution in [3.05, 3.63) is 64.1 Å². The van der Waals surface area contributed by atoms with Crippen LogP contribution in [0.25, 0.3) is 0 Å². The highest BCUT2D eigenvalue weighted by molar-refractivity contribution is 7.91. The molecule has 0 radical (unpaired) electrons. The van der Waals surface area contributed by atoms with Gasteiger partial charge >= 0.3 is 0 Å². The lowest BCUT2D eigenvalue weighted by molar-refractivity contribution is -0.130. The number of sulfone groups is 1. The second kappa shape index (κ2) is 8.01. The van der Waals surface area contributed by atoms with Crippen LogP contribution in [0, 0.1) is 0 Å². The first-order chi connectivity index (χ1) is 11.3. The van der Waals surface area contributed by atoms with Crippen LogP contribution in [0.5, 0.6) is 0 Å². The fourth-order valence-corrected chi connectivity index (χ4v) is 3.69. The van der Waals surface area contributed by atoms with Crippen molar-refractivity contribution in [2.75, 3.05) is 12.8 Å². The molecule has 2 aromatic rings. The third-order valence-electron chi connectivity index (χ3n) is 3.55. The Labute approximate surface area is 151 Å². The molecule has 0 aliphatic heterocycles. The maximum atomic E-state index is 12.2. The van der Waals surface area contributed by atoms with E-state index < -0.39 is 9.84 Å². The Morgan fingerprint density at radius 1 is 1.04 bits per heavy atom. The zero-order chi connectivity index (χ0) is 17.7. The Kier molecular flexibility index (Phi) is 6.27. The summed E-state index contributed by atoms with van der Waals surface area (Å²) in [5.74, 6) is -0.507. The monoisotopic (exact) mass is 385 g/mol. The van der Waals surface area contributed by atoms with Gasteiger partial charge in [-0.15, -0.1) is 0 Å². The minimum atomic E-state index is -3.52. The summed E-state index contributed by atoms with van der Waals surface area (Å²) in [6.07, 6.45) is -0.0914. The lowest BCUT2D eigenvalue weighted by Gasteiger charge is -2.18. The molecule has 128 valence electrons. The molecule has 0 aliphatic rings. The van der Waals surface area contributed by atoms with Gasteiger partial charge in [0.25, 0.3) is 0 Å². The number of benzene rings is 2. The van der Waals surface area contributed by atoms with Crippen LogP contribution in [-0.4, -0.2) is 32.0 Å². The number of nitrogens with zero attached hydrogens (tertiary/aromatic N) is 1. The highest BCUT2D eigenvalue weighted by Gasteiger charge is 2.18. The minimum Gasteiger partial charge on any atom is -0.341 e. The van der Waals surface area contributed by atoms with Crippen LogP contribution >= 0.6 is 23.2 Å². The number of halogens is 2. The summed E-state index contributed by atoms with van der Waals surface area (Å²) < 4.78 is 24.5. The van der Waals surface area contributed by atoms with Gasteiger partial charge in [-0.3, -0.25) is 4.79 Å². The van der Waals surface area contributed by atoms with E-state index in [2.05, 4.69) is 0 Å². The summed E-state index contributed by atoms with van der Waals surface area (Å²) in [5.41, 5.74) is 0.815. The molecule has 0 unspecified atom stereocenters. The zero-order valence-corrected chi connectivity index (χ0v) is 15.4. The molecule has 0 aliphatic carbocycles. The van der Waals surface area contributed by atoms with E-state index in [1.807, 2.05) is 18.2 Å². The van der Waals surface area contributed by atoms with Gasteiger partial charge in [0.05, 0.1) is 10.6 Å². The van der Waals surface area contributed by atoms with Crippen molar-refractivity contribution in [3.8, 4) is 0 Å². The van der Waals surface area contributed by atoms with Gasteiger partial charge in [-0.1, -0.05) is 41.4 Å². The molecule has 2 rings (SSSR count). The predicted octanol–water partition coefficient (Wildman–Crippen LogP) is 3.82. The molecule has 0 N–H and O–H groups in total. The van der Waals surface area contributed by atoms with Gasteiger partial charge in [0.15, 0.2) is 9.84 Å². The van der Waals surface area contributed by atoms with Crippen LogP contribution in [0.4, 0.5) is 0 Å². The van der Waals surface area contributed by atoms with Crippen LogP contribution in [0.15, 0.2) is 53.4 Å². The molecule has 0 fully saturated rings. The van der Waals surface area contributed by atoms with Crippen molar-refractivity contribution in [2.45, 2.75) is 17.9 Å². The largest absolute Gasteiger partial charge is 0.341 e. The first-order valence-corrected chi connectivity index (χ1v) is 9.66. The van der Waals surface area contributed by atoms with Crippen molar-refractivity contribution in [1.82, 2.24) is 4.90 Å². The number of carbonyl (C=O) groups is 1. The van der Waals surface area contributed by atoms with Crippen LogP contribution in [0.3, 0.4) is 0 Å². The number of hydrogen-bond acceptors (Lipinski definition) is 3. The Morgan fingerprint density at radius 2 is 1.67 bits per heavy atom. The third kappa shape index (κ3) is 4.97. The van der Waals surface area contributed by atoms with Crippen LogP contribution < -0.4 is 0 Å². The molecular formula is C17H17Cl2NO3S. The molecule has 0 spiro atoms. The van der Waals surface area contributed by atoms with E-state index in [0.717, 1.165) is 5.56 Å². The van der Waals surface area contributed by atoms with Crippen molar-refractivity contribution >= 4 is 38.9 Å². The summed E-state index contributed by atoms with van der Waals surface area (Å²) in [6, 6.07) is 13.1. The number of rotatable bonds is 6. The first-order valence-electron chi connectivity index (χ1n) is 7.25. The Bertz CT molecular complexity index is 820. The average molecular weight is 386 g/mol. The first kappa shape index (κ1) is 18.8. The lowest BCUT2D eigenvalue weighted by atomic mass is 10.2. The second-order valence-corrected chi connectivity index (χ2v) is 8.32. The van der Waals surface area contributed by atoms with E-state index in [-0.39, 0.29) is 23.0 Å².